The van der Waals surface area contributed by atoms with E-state index in [-0.39, 0.29) is 31.0 Å². The van der Waals surface area contributed by atoms with Crippen molar-refractivity contribution in [2.45, 2.75) is 25.0 Å². The summed E-state index contributed by atoms with van der Waals surface area (Å²) in [7, 11) is 0. The normalized spacial score (nSPS) is 24.4. The van der Waals surface area contributed by atoms with Crippen LogP contribution in [0.25, 0.3) is 0 Å². The molecule has 2 atom stereocenters. The Morgan fingerprint density at radius 3 is 2.07 bits per heavy atom. The van der Waals surface area contributed by atoms with Crippen molar-refractivity contribution in [3.63, 3.8) is 0 Å². The Hall–Kier alpha value is -2.92. The molecule has 2 aliphatic rings. The van der Waals surface area contributed by atoms with Gasteiger partial charge in [0.2, 0.25) is 0 Å². The fourth-order valence-corrected chi connectivity index (χ4v) is 3.95. The molecule has 1 heterocycles. The Labute approximate surface area is 158 Å². The van der Waals surface area contributed by atoms with Crippen molar-refractivity contribution in [1.82, 2.24) is 9.80 Å². The maximum atomic E-state index is 13.3. The Kier molecular flexibility index (Phi) is 4.54. The number of hydrogen-bond acceptors (Lipinski definition) is 3. The second-order valence-electron chi connectivity index (χ2n) is 7.16. The number of amides is 3. The van der Waals surface area contributed by atoms with Crippen molar-refractivity contribution >= 4 is 11.9 Å². The summed E-state index contributed by atoms with van der Waals surface area (Å²) in [6.07, 6.45) is 4.09. The van der Waals surface area contributed by atoms with E-state index in [4.69, 9.17) is 0 Å². The zero-order chi connectivity index (χ0) is 18.9. The molecule has 2 aromatic rings. The molecule has 2 aromatic carbocycles. The maximum absolute atomic E-state index is 13.3. The van der Waals surface area contributed by atoms with Gasteiger partial charge in [0, 0.05) is 19.1 Å². The predicted octanol–water partition coefficient (Wildman–Crippen LogP) is 2.96. The van der Waals surface area contributed by atoms with Crippen LogP contribution >= 0.6 is 0 Å². The van der Waals surface area contributed by atoms with Crippen molar-refractivity contribution < 1.29 is 14.7 Å². The van der Waals surface area contributed by atoms with E-state index in [0.29, 0.717) is 13.0 Å². The Balaban J connectivity index is 1.67. The number of aliphatic hydroxyl groups excluding tert-OH is 1. The second-order valence-corrected chi connectivity index (χ2v) is 7.16. The number of aliphatic hydroxyl groups is 1. The minimum Gasteiger partial charge on any atom is -0.396 e. The van der Waals surface area contributed by atoms with Gasteiger partial charge in [-0.1, -0.05) is 72.8 Å². The number of nitrogens with zero attached hydrogens (tertiary/aromatic N) is 2. The van der Waals surface area contributed by atoms with Crippen molar-refractivity contribution in [1.29, 1.82) is 0 Å². The molecule has 0 unspecified atom stereocenters. The number of carbonyl (C=O) groups is 2. The first-order chi connectivity index (χ1) is 13.1. The lowest BCUT2D eigenvalue weighted by Gasteiger charge is -2.31. The molecule has 0 radical (unpaired) electrons. The first-order valence-electron chi connectivity index (χ1n) is 9.16. The van der Waals surface area contributed by atoms with E-state index >= 15 is 0 Å². The highest BCUT2D eigenvalue weighted by molar-refractivity contribution is 6.08. The summed E-state index contributed by atoms with van der Waals surface area (Å²) in [6.45, 7) is 0.583. The molecule has 1 aliphatic carbocycles. The average Bonchev–Trinajstić information content (AvgIpc) is 3.22. The van der Waals surface area contributed by atoms with E-state index in [1.807, 2.05) is 72.8 Å². The van der Waals surface area contributed by atoms with E-state index in [2.05, 4.69) is 0 Å². The van der Waals surface area contributed by atoms with Gasteiger partial charge in [-0.3, -0.25) is 9.69 Å². The monoisotopic (exact) mass is 362 g/mol. The largest absolute Gasteiger partial charge is 0.396 e. The Bertz CT molecular complexity index is 866. The Morgan fingerprint density at radius 1 is 0.926 bits per heavy atom. The molecule has 1 saturated heterocycles. The van der Waals surface area contributed by atoms with E-state index in [9.17, 15) is 14.7 Å². The zero-order valence-corrected chi connectivity index (χ0v) is 15.0. The number of imide groups is 1. The van der Waals surface area contributed by atoms with Crippen molar-refractivity contribution in [3.8, 4) is 0 Å². The van der Waals surface area contributed by atoms with Gasteiger partial charge in [-0.15, -0.1) is 0 Å². The molecule has 0 aromatic heterocycles. The van der Waals surface area contributed by atoms with Crippen LogP contribution in [-0.4, -0.2) is 39.0 Å². The molecular formula is C22H22N2O3. The van der Waals surface area contributed by atoms with Gasteiger partial charge in [0.1, 0.15) is 5.54 Å². The summed E-state index contributed by atoms with van der Waals surface area (Å²) < 4.78 is 0. The SMILES string of the molecule is O=C1N(Cc2ccccc2)C(=O)[C@@]2(C=C[C@@H](CO)C2)N1Cc1ccccc1. The highest BCUT2D eigenvalue weighted by Crippen LogP contribution is 2.41. The summed E-state index contributed by atoms with van der Waals surface area (Å²) in [5.74, 6) is -0.323. The molecule has 1 aliphatic heterocycles. The van der Waals surface area contributed by atoms with Crippen molar-refractivity contribution in [2.24, 2.45) is 5.92 Å². The lowest BCUT2D eigenvalue weighted by Crippen LogP contribution is -2.47. The van der Waals surface area contributed by atoms with Crippen LogP contribution in [-0.2, 0) is 17.9 Å². The third-order valence-corrected chi connectivity index (χ3v) is 5.38. The molecule has 0 saturated carbocycles. The minimum absolute atomic E-state index is 0.0302. The number of benzene rings is 2. The third-order valence-electron chi connectivity index (χ3n) is 5.38. The van der Waals surface area contributed by atoms with Crippen molar-refractivity contribution in [3.05, 3.63) is 83.9 Å². The predicted molar refractivity (Wildman–Crippen MR) is 101 cm³/mol. The van der Waals surface area contributed by atoms with Gasteiger partial charge in [-0.25, -0.2) is 4.79 Å². The summed E-state index contributed by atoms with van der Waals surface area (Å²) >= 11 is 0. The van der Waals surface area contributed by atoms with Gasteiger partial charge in [-0.05, 0) is 17.5 Å². The number of urea groups is 1. The smallest absolute Gasteiger partial charge is 0.328 e. The number of rotatable bonds is 5. The van der Waals surface area contributed by atoms with Crippen LogP contribution in [0, 0.1) is 5.92 Å². The average molecular weight is 362 g/mol. The molecule has 5 nitrogen and oxygen atoms in total. The second kappa shape index (κ2) is 7.00. The summed E-state index contributed by atoms with van der Waals surface area (Å²) in [6, 6.07) is 18.9. The standard InChI is InChI=1S/C22H22N2O3/c25-16-19-11-12-22(13-19)20(26)23(14-17-7-3-1-4-8-17)21(27)24(22)15-18-9-5-2-6-10-18/h1-12,19,25H,13-16H2/t19-,22+/m1/s1. The van der Waals surface area contributed by atoms with Gasteiger partial charge < -0.3 is 10.0 Å². The van der Waals surface area contributed by atoms with Gasteiger partial charge in [0.25, 0.3) is 5.91 Å². The fraction of sp³-hybridized carbons (Fsp3) is 0.273. The van der Waals surface area contributed by atoms with E-state index in [1.54, 1.807) is 4.90 Å². The first kappa shape index (κ1) is 17.5. The van der Waals surface area contributed by atoms with Crippen LogP contribution in [0.15, 0.2) is 72.8 Å². The quantitative estimate of drug-likeness (QED) is 0.657. The maximum Gasteiger partial charge on any atom is 0.328 e. The minimum atomic E-state index is -1.00. The van der Waals surface area contributed by atoms with Crippen LogP contribution in [0.3, 0.4) is 0 Å². The molecule has 4 rings (SSSR count). The van der Waals surface area contributed by atoms with Crippen molar-refractivity contribution in [2.75, 3.05) is 6.61 Å². The molecule has 1 N–H and O–H groups in total. The van der Waals surface area contributed by atoms with Crippen LogP contribution in [0.5, 0.6) is 0 Å². The van der Waals surface area contributed by atoms with E-state index in [1.165, 1.54) is 4.90 Å². The van der Waals surface area contributed by atoms with Gasteiger partial charge >= 0.3 is 6.03 Å². The van der Waals surface area contributed by atoms with Crippen LogP contribution in [0.4, 0.5) is 4.79 Å². The van der Waals surface area contributed by atoms with Gasteiger partial charge in [-0.2, -0.15) is 0 Å². The topological polar surface area (TPSA) is 60.9 Å². The van der Waals surface area contributed by atoms with Crippen LogP contribution < -0.4 is 0 Å². The third kappa shape index (κ3) is 3.04. The van der Waals surface area contributed by atoms with Crippen LogP contribution in [0.2, 0.25) is 0 Å². The number of carbonyl (C=O) groups excluding carboxylic acids is 2. The zero-order valence-electron chi connectivity index (χ0n) is 15.0. The highest BCUT2D eigenvalue weighted by Gasteiger charge is 2.57. The van der Waals surface area contributed by atoms with Gasteiger partial charge in [0.15, 0.2) is 0 Å². The highest BCUT2D eigenvalue weighted by atomic mass is 16.3. The molecule has 3 amide bonds. The molecule has 1 spiro atoms. The molecular weight excluding hydrogens is 340 g/mol. The Morgan fingerprint density at radius 2 is 1.52 bits per heavy atom. The molecule has 0 bridgehead atoms. The van der Waals surface area contributed by atoms with E-state index in [0.717, 1.165) is 11.1 Å². The molecule has 138 valence electrons. The van der Waals surface area contributed by atoms with E-state index < -0.39 is 5.54 Å². The summed E-state index contributed by atoms with van der Waals surface area (Å²) in [5, 5.41) is 9.56. The summed E-state index contributed by atoms with van der Waals surface area (Å²) in [4.78, 5) is 29.5. The molecule has 27 heavy (non-hydrogen) atoms. The molecule has 5 heteroatoms. The lowest BCUT2D eigenvalue weighted by molar-refractivity contribution is -0.132. The fourth-order valence-electron chi connectivity index (χ4n) is 3.95. The first-order valence-corrected chi connectivity index (χ1v) is 9.16. The summed E-state index contributed by atoms with van der Waals surface area (Å²) in [5.41, 5.74) is 0.881. The number of hydrogen-bond donors (Lipinski definition) is 1. The lowest BCUT2D eigenvalue weighted by atomic mass is 9.93. The molecule has 1 fully saturated rings. The van der Waals surface area contributed by atoms with Crippen LogP contribution in [0.1, 0.15) is 17.5 Å². The van der Waals surface area contributed by atoms with Gasteiger partial charge in [0.05, 0.1) is 6.54 Å².